The fourth-order valence-electron chi connectivity index (χ4n) is 5.17. The molecule has 0 unspecified atom stereocenters. The summed E-state index contributed by atoms with van der Waals surface area (Å²) < 4.78 is 12.9. The average Bonchev–Trinajstić information content (AvgIpc) is 3.06. The SMILES string of the molecule is C=Cc1ccc(OCc2ccc(O[Si](c3ccccc3)c3ccc(C(C)(C)C)cc3)cc2)cc1-c1ccc2ccccc2n1. The summed E-state index contributed by atoms with van der Waals surface area (Å²) >= 11 is 0. The van der Waals surface area contributed by atoms with Crippen molar-refractivity contribution >= 4 is 36.4 Å². The van der Waals surface area contributed by atoms with Gasteiger partial charge in [0.25, 0.3) is 0 Å². The number of para-hydroxylation sites is 1. The molecule has 0 aliphatic heterocycles. The quantitative estimate of drug-likeness (QED) is 0.158. The van der Waals surface area contributed by atoms with Crippen LogP contribution in [-0.4, -0.2) is 14.0 Å². The van der Waals surface area contributed by atoms with Gasteiger partial charge in [0.05, 0.1) is 11.2 Å². The third-order valence-electron chi connectivity index (χ3n) is 7.72. The number of fused-ring (bicyclic) bond motifs is 1. The normalized spacial score (nSPS) is 11.5. The van der Waals surface area contributed by atoms with E-state index in [0.717, 1.165) is 44.8 Å². The van der Waals surface area contributed by atoms with Gasteiger partial charge in [-0.15, -0.1) is 0 Å². The molecule has 6 rings (SSSR count). The van der Waals surface area contributed by atoms with Crippen molar-refractivity contribution in [2.24, 2.45) is 0 Å². The van der Waals surface area contributed by atoms with E-state index in [9.17, 15) is 0 Å². The van der Waals surface area contributed by atoms with E-state index in [1.54, 1.807) is 0 Å². The van der Waals surface area contributed by atoms with Crippen LogP contribution in [0.5, 0.6) is 11.5 Å². The smallest absolute Gasteiger partial charge is 0.352 e. The number of ether oxygens (including phenoxy) is 1. The highest BCUT2D eigenvalue weighted by molar-refractivity contribution is 6.80. The molecule has 217 valence electrons. The number of hydrogen-bond donors (Lipinski definition) is 0. The summed E-state index contributed by atoms with van der Waals surface area (Å²) in [6.07, 6.45) is 1.86. The van der Waals surface area contributed by atoms with Crippen LogP contribution in [0.2, 0.25) is 0 Å². The van der Waals surface area contributed by atoms with Crippen LogP contribution in [0.3, 0.4) is 0 Å². The van der Waals surface area contributed by atoms with Crippen LogP contribution in [0, 0.1) is 0 Å². The molecule has 0 atom stereocenters. The predicted octanol–water partition coefficient (Wildman–Crippen LogP) is 8.61. The Bertz CT molecular complexity index is 1870. The van der Waals surface area contributed by atoms with Crippen LogP contribution in [0.25, 0.3) is 28.2 Å². The molecule has 3 nitrogen and oxygen atoms in total. The van der Waals surface area contributed by atoms with Crippen molar-refractivity contribution in [2.75, 3.05) is 0 Å². The number of pyridine rings is 1. The Balaban J connectivity index is 1.17. The minimum atomic E-state index is -1.48. The van der Waals surface area contributed by atoms with E-state index in [2.05, 4.69) is 106 Å². The Morgan fingerprint density at radius 3 is 2.11 bits per heavy atom. The van der Waals surface area contributed by atoms with Gasteiger partial charge in [-0.1, -0.05) is 130 Å². The monoisotopic (exact) mass is 590 g/mol. The molecule has 0 N–H and O–H groups in total. The summed E-state index contributed by atoms with van der Waals surface area (Å²) in [6, 6.07) is 46.1. The average molecular weight is 591 g/mol. The highest BCUT2D eigenvalue weighted by atomic mass is 28.3. The molecule has 0 saturated carbocycles. The first kappa shape index (κ1) is 29.2. The molecule has 0 spiro atoms. The maximum atomic E-state index is 6.70. The molecular formula is C40H36NO2Si. The van der Waals surface area contributed by atoms with Crippen molar-refractivity contribution in [3.05, 3.63) is 157 Å². The molecule has 6 aromatic rings. The van der Waals surface area contributed by atoms with Crippen LogP contribution in [0.4, 0.5) is 0 Å². The molecule has 5 aromatic carbocycles. The maximum Gasteiger partial charge on any atom is 0.352 e. The van der Waals surface area contributed by atoms with Gasteiger partial charge in [0, 0.05) is 10.9 Å². The molecular weight excluding hydrogens is 555 g/mol. The zero-order chi connectivity index (χ0) is 30.5. The van der Waals surface area contributed by atoms with Gasteiger partial charge in [-0.25, -0.2) is 4.98 Å². The summed E-state index contributed by atoms with van der Waals surface area (Å²) in [7, 11) is -1.48. The van der Waals surface area contributed by atoms with E-state index >= 15 is 0 Å². The molecule has 44 heavy (non-hydrogen) atoms. The highest BCUT2D eigenvalue weighted by Crippen LogP contribution is 2.30. The second-order valence-corrected chi connectivity index (χ2v) is 13.9. The molecule has 4 heteroatoms. The second-order valence-electron chi connectivity index (χ2n) is 11.9. The highest BCUT2D eigenvalue weighted by Gasteiger charge is 2.23. The van der Waals surface area contributed by atoms with Gasteiger partial charge < -0.3 is 9.16 Å². The topological polar surface area (TPSA) is 31.4 Å². The number of aromatic nitrogens is 1. The third-order valence-corrected chi connectivity index (χ3v) is 9.87. The van der Waals surface area contributed by atoms with Crippen LogP contribution in [0.1, 0.15) is 37.5 Å². The van der Waals surface area contributed by atoms with E-state index in [-0.39, 0.29) is 5.41 Å². The zero-order valence-corrected chi connectivity index (χ0v) is 26.5. The molecule has 0 aliphatic carbocycles. The first-order chi connectivity index (χ1) is 21.4. The van der Waals surface area contributed by atoms with Gasteiger partial charge >= 0.3 is 9.04 Å². The molecule has 0 amide bonds. The second kappa shape index (κ2) is 12.7. The van der Waals surface area contributed by atoms with Crippen molar-refractivity contribution in [3.8, 4) is 22.8 Å². The van der Waals surface area contributed by atoms with E-state index in [1.807, 2.05) is 60.7 Å². The summed E-state index contributed by atoms with van der Waals surface area (Å²) in [5.41, 5.74) is 6.38. The molecule has 1 radical (unpaired) electrons. The third kappa shape index (κ3) is 6.66. The maximum absolute atomic E-state index is 6.70. The molecule has 0 bridgehead atoms. The number of nitrogens with zero attached hydrogens (tertiary/aromatic N) is 1. The number of benzene rings is 5. The van der Waals surface area contributed by atoms with Crippen molar-refractivity contribution in [1.82, 2.24) is 4.98 Å². The summed E-state index contributed by atoms with van der Waals surface area (Å²) in [5, 5.41) is 3.56. The summed E-state index contributed by atoms with van der Waals surface area (Å²) in [4.78, 5) is 4.89. The standard InChI is InChI=1S/C40H36NO2Si/c1-5-30-17-23-34(27-37(30)39-26-18-31-11-9-10-14-38(31)41-39)42-28-29-15-21-33(22-16-29)43-44(35-12-7-6-8-13-35)36-24-19-32(20-25-36)40(2,3)4/h5-27H,1,28H2,2-4H3. The fourth-order valence-corrected chi connectivity index (χ4v) is 7.08. The van der Waals surface area contributed by atoms with Crippen molar-refractivity contribution in [3.63, 3.8) is 0 Å². The Kier molecular flexibility index (Phi) is 8.44. The van der Waals surface area contributed by atoms with Crippen LogP contribution < -0.4 is 19.5 Å². The Labute approximate surface area is 262 Å². The molecule has 1 heterocycles. The molecule has 0 aliphatic rings. The minimum Gasteiger partial charge on any atom is -0.533 e. The fraction of sp³-hybridized carbons (Fsp3) is 0.125. The van der Waals surface area contributed by atoms with Crippen molar-refractivity contribution in [2.45, 2.75) is 32.8 Å². The van der Waals surface area contributed by atoms with E-state index in [4.69, 9.17) is 14.1 Å². The van der Waals surface area contributed by atoms with Crippen LogP contribution >= 0.6 is 0 Å². The molecule has 1 aromatic heterocycles. The van der Waals surface area contributed by atoms with E-state index < -0.39 is 9.04 Å². The summed E-state index contributed by atoms with van der Waals surface area (Å²) in [5.74, 6) is 1.64. The molecule has 0 saturated heterocycles. The lowest BCUT2D eigenvalue weighted by Gasteiger charge is -2.21. The predicted molar refractivity (Wildman–Crippen MR) is 185 cm³/mol. The van der Waals surface area contributed by atoms with Gasteiger partial charge in [0.15, 0.2) is 0 Å². The lowest BCUT2D eigenvalue weighted by molar-refractivity contribution is 0.306. The Hall–Kier alpha value is -4.93. The van der Waals surface area contributed by atoms with Gasteiger partial charge in [0.1, 0.15) is 18.1 Å². The van der Waals surface area contributed by atoms with Gasteiger partial charge in [-0.05, 0) is 68.9 Å². The lowest BCUT2D eigenvalue weighted by atomic mass is 9.87. The zero-order valence-electron chi connectivity index (χ0n) is 25.5. The van der Waals surface area contributed by atoms with Crippen molar-refractivity contribution in [1.29, 1.82) is 0 Å². The first-order valence-corrected chi connectivity index (χ1v) is 16.3. The first-order valence-electron chi connectivity index (χ1n) is 14.9. The van der Waals surface area contributed by atoms with Gasteiger partial charge in [-0.2, -0.15) is 0 Å². The Morgan fingerprint density at radius 1 is 0.705 bits per heavy atom. The number of hydrogen-bond acceptors (Lipinski definition) is 3. The summed E-state index contributed by atoms with van der Waals surface area (Å²) in [6.45, 7) is 11.2. The largest absolute Gasteiger partial charge is 0.533 e. The molecule has 0 fully saturated rings. The van der Waals surface area contributed by atoms with E-state index in [1.165, 1.54) is 15.9 Å². The van der Waals surface area contributed by atoms with Crippen molar-refractivity contribution < 1.29 is 9.16 Å². The van der Waals surface area contributed by atoms with E-state index in [0.29, 0.717) is 6.61 Å². The lowest BCUT2D eigenvalue weighted by Crippen LogP contribution is -2.47. The van der Waals surface area contributed by atoms with Gasteiger partial charge in [-0.3, -0.25) is 0 Å². The van der Waals surface area contributed by atoms with Crippen LogP contribution in [0.15, 0.2) is 140 Å². The van der Waals surface area contributed by atoms with Crippen LogP contribution in [-0.2, 0) is 12.0 Å². The Morgan fingerprint density at radius 2 is 1.39 bits per heavy atom. The minimum absolute atomic E-state index is 0.111. The van der Waals surface area contributed by atoms with Gasteiger partial charge in [0.2, 0.25) is 0 Å². The number of rotatable bonds is 9.